The summed E-state index contributed by atoms with van der Waals surface area (Å²) in [5.41, 5.74) is 0.210. The first-order valence-electron chi connectivity index (χ1n) is 6.54. The highest BCUT2D eigenvalue weighted by molar-refractivity contribution is 4.96. The van der Waals surface area contributed by atoms with Crippen molar-refractivity contribution in [3.05, 3.63) is 0 Å². The van der Waals surface area contributed by atoms with Crippen LogP contribution in [-0.4, -0.2) is 34.7 Å². The van der Waals surface area contributed by atoms with Gasteiger partial charge in [-0.1, -0.05) is 12.8 Å². The fraction of sp³-hybridized carbons (Fsp3) is 1.00. The van der Waals surface area contributed by atoms with Crippen LogP contribution in [0.5, 0.6) is 0 Å². The molecule has 15 heavy (non-hydrogen) atoms. The van der Waals surface area contributed by atoms with Gasteiger partial charge in [0.05, 0.1) is 0 Å². The molecule has 1 aliphatic heterocycles. The van der Waals surface area contributed by atoms with Gasteiger partial charge in [0.15, 0.2) is 0 Å². The number of nitrogens with zero attached hydrogens (tertiary/aromatic N) is 1. The molecule has 2 aliphatic rings. The second kappa shape index (κ2) is 4.42. The van der Waals surface area contributed by atoms with Crippen LogP contribution >= 0.6 is 0 Å². The molecule has 0 amide bonds. The third-order valence-electron chi connectivity index (χ3n) is 4.68. The van der Waals surface area contributed by atoms with E-state index >= 15 is 0 Å². The average Bonchev–Trinajstić information content (AvgIpc) is 2.69. The van der Waals surface area contributed by atoms with Crippen molar-refractivity contribution in [2.45, 2.75) is 64.0 Å². The monoisotopic (exact) mass is 211 g/mol. The molecule has 0 spiro atoms. The molecule has 88 valence electrons. The molecular weight excluding hydrogens is 186 g/mol. The Balaban J connectivity index is 2.08. The van der Waals surface area contributed by atoms with Crippen molar-refractivity contribution in [1.29, 1.82) is 0 Å². The van der Waals surface area contributed by atoms with Crippen molar-refractivity contribution >= 4 is 0 Å². The minimum absolute atomic E-state index is 0.210. The first kappa shape index (κ1) is 11.4. The highest BCUT2D eigenvalue weighted by Crippen LogP contribution is 2.38. The van der Waals surface area contributed by atoms with Crippen molar-refractivity contribution in [2.75, 3.05) is 13.2 Å². The molecule has 2 rings (SSSR count). The molecule has 1 saturated heterocycles. The number of piperidine rings is 1. The van der Waals surface area contributed by atoms with E-state index in [2.05, 4.69) is 18.7 Å². The van der Waals surface area contributed by atoms with Crippen LogP contribution in [0.25, 0.3) is 0 Å². The van der Waals surface area contributed by atoms with E-state index in [1.54, 1.807) is 0 Å². The summed E-state index contributed by atoms with van der Waals surface area (Å²) in [6, 6.07) is 0.800. The number of hydrogen-bond donors (Lipinski definition) is 1. The summed E-state index contributed by atoms with van der Waals surface area (Å²) in [6.45, 7) is 6.25. The fourth-order valence-corrected chi connectivity index (χ4v) is 3.57. The summed E-state index contributed by atoms with van der Waals surface area (Å²) < 4.78 is 0. The molecular formula is C13H25NO. The number of aliphatic hydroxyl groups is 1. The van der Waals surface area contributed by atoms with E-state index in [1.165, 1.54) is 45.1 Å². The van der Waals surface area contributed by atoms with E-state index in [1.807, 2.05) is 0 Å². The maximum Gasteiger partial charge on any atom is 0.0476 e. The molecule has 1 heterocycles. The van der Waals surface area contributed by atoms with Gasteiger partial charge in [-0.05, 0) is 52.0 Å². The van der Waals surface area contributed by atoms with Gasteiger partial charge in [-0.15, -0.1) is 0 Å². The third kappa shape index (κ3) is 2.07. The lowest BCUT2D eigenvalue weighted by molar-refractivity contribution is -0.0307. The molecule has 1 unspecified atom stereocenters. The zero-order valence-corrected chi connectivity index (χ0v) is 10.2. The quantitative estimate of drug-likeness (QED) is 0.758. The SMILES string of the molecule is CC1(C)C(CO)CCCN1C1CCCC1. The summed E-state index contributed by atoms with van der Waals surface area (Å²) in [5.74, 6) is 0.479. The molecule has 0 radical (unpaired) electrons. The Labute approximate surface area is 93.7 Å². The largest absolute Gasteiger partial charge is 0.396 e. The van der Waals surface area contributed by atoms with Crippen molar-refractivity contribution in [2.24, 2.45) is 5.92 Å². The molecule has 2 fully saturated rings. The van der Waals surface area contributed by atoms with Gasteiger partial charge >= 0.3 is 0 Å². The third-order valence-corrected chi connectivity index (χ3v) is 4.68. The number of rotatable bonds is 2. The van der Waals surface area contributed by atoms with Crippen LogP contribution in [0.4, 0.5) is 0 Å². The highest BCUT2D eigenvalue weighted by atomic mass is 16.3. The molecule has 0 bridgehead atoms. The first-order chi connectivity index (χ1) is 7.16. The normalized spacial score (nSPS) is 33.4. The van der Waals surface area contributed by atoms with Crippen LogP contribution in [0.15, 0.2) is 0 Å². The fourth-order valence-electron chi connectivity index (χ4n) is 3.57. The van der Waals surface area contributed by atoms with Gasteiger partial charge in [0.25, 0.3) is 0 Å². The van der Waals surface area contributed by atoms with Crippen LogP contribution in [0, 0.1) is 5.92 Å². The Morgan fingerprint density at radius 3 is 2.40 bits per heavy atom. The summed E-state index contributed by atoms with van der Waals surface area (Å²) in [4.78, 5) is 2.68. The van der Waals surface area contributed by atoms with Crippen molar-refractivity contribution in [3.8, 4) is 0 Å². The van der Waals surface area contributed by atoms with Gasteiger partial charge in [-0.2, -0.15) is 0 Å². The van der Waals surface area contributed by atoms with Crippen LogP contribution in [0.1, 0.15) is 52.4 Å². The van der Waals surface area contributed by atoms with E-state index in [0.29, 0.717) is 12.5 Å². The lowest BCUT2D eigenvalue weighted by Gasteiger charge is -2.50. The molecule has 1 saturated carbocycles. The van der Waals surface area contributed by atoms with E-state index in [0.717, 1.165) is 6.04 Å². The predicted molar refractivity (Wildman–Crippen MR) is 62.9 cm³/mol. The molecule has 0 aromatic carbocycles. The van der Waals surface area contributed by atoms with E-state index in [4.69, 9.17) is 0 Å². The smallest absolute Gasteiger partial charge is 0.0476 e. The van der Waals surface area contributed by atoms with Crippen LogP contribution in [-0.2, 0) is 0 Å². The second-order valence-electron chi connectivity index (χ2n) is 5.81. The molecule has 0 aromatic heterocycles. The average molecular weight is 211 g/mol. The van der Waals surface area contributed by atoms with E-state index < -0.39 is 0 Å². The van der Waals surface area contributed by atoms with Crippen molar-refractivity contribution in [3.63, 3.8) is 0 Å². The lowest BCUT2D eigenvalue weighted by atomic mass is 9.78. The van der Waals surface area contributed by atoms with Crippen molar-refractivity contribution < 1.29 is 5.11 Å². The van der Waals surface area contributed by atoms with Gasteiger partial charge in [-0.25, -0.2) is 0 Å². The van der Waals surface area contributed by atoms with E-state index in [-0.39, 0.29) is 5.54 Å². The molecule has 1 N–H and O–H groups in total. The summed E-state index contributed by atoms with van der Waals surface area (Å²) in [7, 11) is 0. The predicted octanol–water partition coefficient (Wildman–Crippen LogP) is 2.41. The Morgan fingerprint density at radius 2 is 1.80 bits per heavy atom. The molecule has 2 nitrogen and oxygen atoms in total. The number of aliphatic hydroxyl groups excluding tert-OH is 1. The maximum atomic E-state index is 9.46. The number of likely N-dealkylation sites (tertiary alicyclic amines) is 1. The second-order valence-corrected chi connectivity index (χ2v) is 5.81. The summed E-state index contributed by atoms with van der Waals surface area (Å²) in [5, 5.41) is 9.46. The van der Waals surface area contributed by atoms with Crippen LogP contribution in [0.3, 0.4) is 0 Å². The Bertz CT molecular complexity index is 209. The van der Waals surface area contributed by atoms with Gasteiger partial charge in [0, 0.05) is 18.2 Å². The summed E-state index contributed by atoms with van der Waals surface area (Å²) in [6.07, 6.45) is 8.03. The van der Waals surface area contributed by atoms with Gasteiger partial charge in [0.2, 0.25) is 0 Å². The Kier molecular flexibility index (Phi) is 3.36. The first-order valence-corrected chi connectivity index (χ1v) is 6.54. The minimum atomic E-state index is 0.210. The zero-order valence-electron chi connectivity index (χ0n) is 10.2. The minimum Gasteiger partial charge on any atom is -0.396 e. The summed E-state index contributed by atoms with van der Waals surface area (Å²) >= 11 is 0. The van der Waals surface area contributed by atoms with Crippen molar-refractivity contribution in [1.82, 2.24) is 4.90 Å². The molecule has 0 aromatic rings. The molecule has 1 aliphatic carbocycles. The standard InChI is InChI=1S/C13H25NO/c1-13(2)11(10-15)6-5-9-14(13)12-7-3-4-8-12/h11-12,15H,3-10H2,1-2H3. The van der Waals surface area contributed by atoms with Gasteiger partial charge < -0.3 is 5.11 Å². The maximum absolute atomic E-state index is 9.46. The number of hydrogen-bond acceptors (Lipinski definition) is 2. The van der Waals surface area contributed by atoms with Crippen LogP contribution < -0.4 is 0 Å². The molecule has 2 heteroatoms. The van der Waals surface area contributed by atoms with Gasteiger partial charge in [-0.3, -0.25) is 4.90 Å². The highest BCUT2D eigenvalue weighted by Gasteiger charge is 2.41. The molecule has 1 atom stereocenters. The topological polar surface area (TPSA) is 23.5 Å². The van der Waals surface area contributed by atoms with Crippen LogP contribution in [0.2, 0.25) is 0 Å². The van der Waals surface area contributed by atoms with Gasteiger partial charge in [0.1, 0.15) is 0 Å². The Morgan fingerprint density at radius 1 is 1.13 bits per heavy atom. The Hall–Kier alpha value is -0.0800. The lowest BCUT2D eigenvalue weighted by Crippen LogP contribution is -2.57. The van der Waals surface area contributed by atoms with E-state index in [9.17, 15) is 5.11 Å². The zero-order chi connectivity index (χ0) is 10.9.